The third kappa shape index (κ3) is 8.98. The van der Waals surface area contributed by atoms with Gasteiger partial charge in [-0.2, -0.15) is 0 Å². The van der Waals surface area contributed by atoms with Crippen LogP contribution in [0.1, 0.15) is 20.7 Å². The molecule has 0 unspecified atom stereocenters. The van der Waals surface area contributed by atoms with E-state index in [1.54, 1.807) is 36.7 Å². The number of nitrogen functional groups attached to an aromatic ring is 4. The summed E-state index contributed by atoms with van der Waals surface area (Å²) in [7, 11) is 0. The molecule has 0 radical (unpaired) electrons. The normalized spacial score (nSPS) is 8.53. The van der Waals surface area contributed by atoms with Gasteiger partial charge >= 0.3 is 0 Å². The third-order valence-corrected chi connectivity index (χ3v) is 3.21. The van der Waals surface area contributed by atoms with Crippen molar-refractivity contribution < 1.29 is 40.7 Å². The molecule has 0 amide bonds. The van der Waals surface area contributed by atoms with Crippen LogP contribution in [0.25, 0.3) is 0 Å². The van der Waals surface area contributed by atoms with E-state index in [9.17, 15) is 19.8 Å². The van der Waals surface area contributed by atoms with E-state index in [1.165, 1.54) is 12.1 Å². The molecule has 2 heterocycles. The van der Waals surface area contributed by atoms with Crippen LogP contribution in [0.2, 0.25) is 0 Å². The van der Waals surface area contributed by atoms with Crippen LogP contribution in [0.15, 0.2) is 60.9 Å². The van der Waals surface area contributed by atoms with E-state index < -0.39 is 11.9 Å². The Morgan fingerprint density at radius 3 is 1.17 bits per heavy atom. The number of aromatic nitrogens is 2. The standard InChI is InChI=1S/C8H6O4.2C5H7N3.2H2O/c9-7(10)5-3-1-2-4-6(5)8(11)12;2*6-4-2-1-3-8-5(4)7;;/h1-4H,(H,9,10)(H,11,12);2*1-3H,6H2,(H2,7,8);2*1H2. The van der Waals surface area contributed by atoms with E-state index in [0.29, 0.717) is 23.0 Å². The lowest BCUT2D eigenvalue weighted by molar-refractivity contribution is -0.359. The summed E-state index contributed by atoms with van der Waals surface area (Å²) in [6.07, 6.45) is 3.46. The monoisotopic (exact) mass is 420 g/mol. The minimum atomic E-state index is -1.52. The Bertz CT molecular complexity index is 835. The maximum Gasteiger partial charge on any atom is 0.293 e. The fraction of sp³-hybridized carbons (Fsp3) is 0. The van der Waals surface area contributed by atoms with Crippen molar-refractivity contribution in [2.75, 3.05) is 22.9 Å². The van der Waals surface area contributed by atoms with Crippen LogP contribution in [0, 0.1) is 0 Å². The topological polar surface area (TPSA) is 276 Å². The molecule has 162 valence electrons. The number of anilines is 4. The highest BCUT2D eigenvalue weighted by Crippen LogP contribution is 2.06. The number of nitrogens with two attached hydrogens (primary N) is 4. The van der Waals surface area contributed by atoms with Crippen molar-refractivity contribution >= 4 is 34.9 Å². The van der Waals surface area contributed by atoms with E-state index in [-0.39, 0.29) is 22.1 Å². The molecule has 0 saturated heterocycles. The number of aromatic amines is 2. The molecule has 12 heteroatoms. The van der Waals surface area contributed by atoms with Gasteiger partial charge in [0.05, 0.1) is 24.3 Å². The Labute approximate surface area is 171 Å². The highest BCUT2D eigenvalue weighted by atomic mass is 16.4. The van der Waals surface area contributed by atoms with Gasteiger partial charge in [-0.1, -0.05) is 24.3 Å². The molecule has 12 nitrogen and oxygen atoms in total. The molecule has 1 aromatic carbocycles. The molecule has 3 rings (SSSR count). The van der Waals surface area contributed by atoms with E-state index in [2.05, 4.69) is 9.97 Å². The lowest BCUT2D eigenvalue weighted by Gasteiger charge is -2.09. The second-order valence-corrected chi connectivity index (χ2v) is 5.20. The molecule has 0 aliphatic carbocycles. The van der Waals surface area contributed by atoms with Gasteiger partial charge in [-0.25, -0.2) is 9.97 Å². The number of carbonyl (C=O) groups is 2. The Morgan fingerprint density at radius 2 is 0.967 bits per heavy atom. The van der Waals surface area contributed by atoms with Crippen LogP contribution in [0.4, 0.5) is 23.0 Å². The molecule has 0 spiro atoms. The Kier molecular flexibility index (Phi) is 12.7. The molecule has 0 fully saturated rings. The largest absolute Gasteiger partial charge is 0.545 e. The number of hydrogen-bond acceptors (Lipinski definition) is 8. The molecule has 0 atom stereocenters. The number of benzene rings is 1. The third-order valence-electron chi connectivity index (χ3n) is 3.21. The number of hydrogen-bond donors (Lipinski definition) is 4. The van der Waals surface area contributed by atoms with Gasteiger partial charge in [-0.05, 0) is 24.3 Å². The maximum atomic E-state index is 10.3. The zero-order valence-electron chi connectivity index (χ0n) is 15.7. The first-order valence-electron chi connectivity index (χ1n) is 7.79. The van der Waals surface area contributed by atoms with Gasteiger partial charge in [0.2, 0.25) is 0 Å². The van der Waals surface area contributed by atoms with Gasteiger partial charge < -0.3 is 42.2 Å². The number of pyridine rings is 2. The summed E-state index contributed by atoms with van der Waals surface area (Å²) in [5.41, 5.74) is 21.9. The van der Waals surface area contributed by atoms with Crippen LogP contribution in [-0.4, -0.2) is 22.9 Å². The number of H-pyrrole nitrogens is 2. The molecule has 2 aromatic heterocycles. The minimum Gasteiger partial charge on any atom is -0.545 e. The number of nitrogens with one attached hydrogen (secondary N) is 2. The number of aromatic carboxylic acids is 2. The Morgan fingerprint density at radius 1 is 0.633 bits per heavy atom. The average Bonchev–Trinajstić information content (AvgIpc) is 2.67. The summed E-state index contributed by atoms with van der Waals surface area (Å²) in [5.74, 6) is -2.00. The summed E-state index contributed by atoms with van der Waals surface area (Å²) in [6.45, 7) is 0. The van der Waals surface area contributed by atoms with Crippen LogP contribution in [-0.2, 0) is 0 Å². The zero-order chi connectivity index (χ0) is 21.1. The van der Waals surface area contributed by atoms with Crippen LogP contribution >= 0.6 is 0 Å². The Hall–Kier alpha value is -4.42. The zero-order valence-corrected chi connectivity index (χ0v) is 15.7. The van der Waals surface area contributed by atoms with Crippen LogP contribution in [0.3, 0.4) is 0 Å². The molecule has 0 saturated carbocycles. The predicted octanol–water partition coefficient (Wildman–Crippen LogP) is -3.91. The SMILES string of the molecule is Nc1ccc[nH+]c1N.Nc1ccc[nH+]c1N.O.O.O=C([O-])c1ccccc1C(=O)[O-]. The summed E-state index contributed by atoms with van der Waals surface area (Å²) in [6, 6.07) is 12.2. The maximum absolute atomic E-state index is 10.3. The lowest BCUT2D eigenvalue weighted by atomic mass is 10.1. The van der Waals surface area contributed by atoms with Gasteiger partial charge in [0.15, 0.2) is 0 Å². The molecular weight excluding hydrogens is 396 g/mol. The van der Waals surface area contributed by atoms with Crippen LogP contribution in [0.5, 0.6) is 0 Å². The molecular formula is C18H24N6O6. The van der Waals surface area contributed by atoms with E-state index in [4.69, 9.17) is 22.9 Å². The quantitative estimate of drug-likeness (QED) is 0.317. The first-order valence-corrected chi connectivity index (χ1v) is 7.79. The second-order valence-electron chi connectivity index (χ2n) is 5.20. The summed E-state index contributed by atoms with van der Waals surface area (Å²) in [4.78, 5) is 26.2. The summed E-state index contributed by atoms with van der Waals surface area (Å²) in [5, 5.41) is 20.6. The van der Waals surface area contributed by atoms with Crippen molar-refractivity contribution in [3.8, 4) is 0 Å². The summed E-state index contributed by atoms with van der Waals surface area (Å²) < 4.78 is 0. The van der Waals surface area contributed by atoms with Gasteiger partial charge in [-0.3, -0.25) is 11.5 Å². The van der Waals surface area contributed by atoms with Crippen molar-refractivity contribution in [1.29, 1.82) is 0 Å². The van der Waals surface area contributed by atoms with E-state index in [1.807, 2.05) is 0 Å². The molecule has 0 aliphatic rings. The molecule has 0 aliphatic heterocycles. The first-order chi connectivity index (χ1) is 13.2. The fourth-order valence-corrected chi connectivity index (χ4v) is 1.76. The van der Waals surface area contributed by atoms with Crippen molar-refractivity contribution in [2.45, 2.75) is 0 Å². The molecule has 30 heavy (non-hydrogen) atoms. The molecule has 3 aromatic rings. The highest BCUT2D eigenvalue weighted by Gasteiger charge is 2.01. The predicted molar refractivity (Wildman–Crippen MR) is 106 cm³/mol. The van der Waals surface area contributed by atoms with Gasteiger partial charge in [-0.15, -0.1) is 0 Å². The Balaban J connectivity index is 0. The first kappa shape index (κ1) is 27.8. The van der Waals surface area contributed by atoms with Gasteiger partial charge in [0.1, 0.15) is 11.4 Å². The van der Waals surface area contributed by atoms with E-state index in [0.717, 1.165) is 12.1 Å². The van der Waals surface area contributed by atoms with Crippen molar-refractivity contribution in [2.24, 2.45) is 0 Å². The van der Waals surface area contributed by atoms with Gasteiger partial charge in [0.25, 0.3) is 11.6 Å². The lowest BCUT2D eigenvalue weighted by Crippen LogP contribution is -2.29. The molecule has 0 bridgehead atoms. The smallest absolute Gasteiger partial charge is 0.293 e. The van der Waals surface area contributed by atoms with Crippen molar-refractivity contribution in [1.82, 2.24) is 0 Å². The second kappa shape index (κ2) is 13.7. The fourth-order valence-electron chi connectivity index (χ4n) is 1.76. The minimum absolute atomic E-state index is 0. The van der Waals surface area contributed by atoms with Crippen molar-refractivity contribution in [3.05, 3.63) is 72.1 Å². The number of rotatable bonds is 2. The summed E-state index contributed by atoms with van der Waals surface area (Å²) >= 11 is 0. The van der Waals surface area contributed by atoms with Crippen LogP contribution < -0.4 is 43.1 Å². The van der Waals surface area contributed by atoms with E-state index >= 15 is 0 Å². The number of carboxylic acid groups (broad SMARTS) is 2. The number of carbonyl (C=O) groups excluding carboxylic acids is 2. The highest BCUT2D eigenvalue weighted by molar-refractivity contribution is 5.99. The average molecular weight is 420 g/mol. The number of carboxylic acids is 2. The van der Waals surface area contributed by atoms with Crippen molar-refractivity contribution in [3.63, 3.8) is 0 Å². The van der Waals surface area contributed by atoms with Gasteiger partial charge in [0, 0.05) is 11.1 Å². The molecule has 14 N–H and O–H groups in total.